The number of carbonyl (C=O) groups excluding carboxylic acids is 1. The zero-order chi connectivity index (χ0) is 14.5. The maximum atomic E-state index is 13.8. The van der Waals surface area contributed by atoms with Gasteiger partial charge in [0.05, 0.1) is 5.92 Å². The van der Waals surface area contributed by atoms with Crippen molar-refractivity contribution in [3.63, 3.8) is 0 Å². The summed E-state index contributed by atoms with van der Waals surface area (Å²) in [5.74, 6) is -0.837. The van der Waals surface area contributed by atoms with Crippen LogP contribution >= 0.6 is 15.9 Å². The van der Waals surface area contributed by atoms with Gasteiger partial charge in [-0.25, -0.2) is 4.39 Å². The molecule has 2 aromatic carbocycles. The number of Topliss-reactive ketones (excluding diaryl/α,β-unsaturated/α-hetero) is 1. The van der Waals surface area contributed by atoms with Crippen LogP contribution in [0.3, 0.4) is 0 Å². The predicted molar refractivity (Wildman–Crippen MR) is 81.0 cm³/mol. The number of hydrogen-bond donors (Lipinski definition) is 1. The van der Waals surface area contributed by atoms with E-state index in [1.54, 1.807) is 12.1 Å². The molecule has 1 atom stereocenters. The summed E-state index contributed by atoms with van der Waals surface area (Å²) in [5, 5.41) is 0. The van der Waals surface area contributed by atoms with E-state index in [2.05, 4.69) is 15.9 Å². The highest BCUT2D eigenvalue weighted by molar-refractivity contribution is 9.10. The molecule has 2 N–H and O–H groups in total. The van der Waals surface area contributed by atoms with E-state index in [1.807, 2.05) is 30.3 Å². The van der Waals surface area contributed by atoms with E-state index in [1.165, 1.54) is 6.07 Å². The number of ketones is 1. The quantitative estimate of drug-likeness (QED) is 0.909. The topological polar surface area (TPSA) is 43.1 Å². The highest BCUT2D eigenvalue weighted by Gasteiger charge is 2.20. The first-order valence-electron chi connectivity index (χ1n) is 6.33. The average molecular weight is 336 g/mol. The minimum absolute atomic E-state index is 0.0515. The lowest BCUT2D eigenvalue weighted by molar-refractivity contribution is -0.119. The summed E-state index contributed by atoms with van der Waals surface area (Å²) in [4.78, 5) is 12.3. The van der Waals surface area contributed by atoms with Gasteiger partial charge in [-0.15, -0.1) is 0 Å². The fourth-order valence-electron chi connectivity index (χ4n) is 2.11. The zero-order valence-corrected chi connectivity index (χ0v) is 12.4. The molecule has 2 aromatic rings. The lowest BCUT2D eigenvalue weighted by atomic mass is 9.91. The molecule has 0 saturated carbocycles. The van der Waals surface area contributed by atoms with Crippen molar-refractivity contribution in [3.05, 3.63) is 69.9 Å². The summed E-state index contributed by atoms with van der Waals surface area (Å²) >= 11 is 3.20. The number of hydrogen-bond acceptors (Lipinski definition) is 2. The van der Waals surface area contributed by atoms with Gasteiger partial charge in [-0.1, -0.05) is 52.3 Å². The molecule has 0 radical (unpaired) electrons. The molecule has 20 heavy (non-hydrogen) atoms. The summed E-state index contributed by atoms with van der Waals surface area (Å²) in [6, 6.07) is 14.1. The Hall–Kier alpha value is -1.52. The van der Waals surface area contributed by atoms with Crippen LogP contribution in [0.4, 0.5) is 4.39 Å². The molecule has 0 aliphatic heterocycles. The van der Waals surface area contributed by atoms with Crippen LogP contribution in [0.25, 0.3) is 0 Å². The maximum absolute atomic E-state index is 13.8. The molecular formula is C16H15BrFNO. The maximum Gasteiger partial charge on any atom is 0.146 e. The van der Waals surface area contributed by atoms with Crippen LogP contribution in [0.1, 0.15) is 17.0 Å². The molecule has 1 unspecified atom stereocenters. The van der Waals surface area contributed by atoms with Crippen LogP contribution in [0.5, 0.6) is 0 Å². The lowest BCUT2D eigenvalue weighted by Gasteiger charge is -2.14. The average Bonchev–Trinajstić information content (AvgIpc) is 2.44. The van der Waals surface area contributed by atoms with Gasteiger partial charge in [0, 0.05) is 17.4 Å². The first-order valence-corrected chi connectivity index (χ1v) is 7.12. The van der Waals surface area contributed by atoms with Gasteiger partial charge < -0.3 is 5.73 Å². The van der Waals surface area contributed by atoms with Crippen LogP contribution in [0.15, 0.2) is 53.0 Å². The molecule has 0 spiro atoms. The third kappa shape index (κ3) is 3.52. The van der Waals surface area contributed by atoms with Gasteiger partial charge >= 0.3 is 0 Å². The third-order valence-electron chi connectivity index (χ3n) is 3.21. The summed E-state index contributed by atoms with van der Waals surface area (Å²) < 4.78 is 14.4. The van der Waals surface area contributed by atoms with Crippen LogP contribution in [-0.2, 0) is 11.2 Å². The number of nitrogens with two attached hydrogens (primary N) is 1. The van der Waals surface area contributed by atoms with Gasteiger partial charge in [-0.05, 0) is 23.3 Å². The number of carbonyl (C=O) groups is 1. The number of rotatable bonds is 5. The van der Waals surface area contributed by atoms with Crippen LogP contribution in [-0.4, -0.2) is 12.3 Å². The molecule has 0 bridgehead atoms. The Morgan fingerprint density at radius 1 is 1.20 bits per heavy atom. The minimum atomic E-state index is -0.390. The first kappa shape index (κ1) is 14.9. The number of benzene rings is 2. The monoisotopic (exact) mass is 335 g/mol. The molecule has 0 heterocycles. The van der Waals surface area contributed by atoms with E-state index in [-0.39, 0.29) is 30.5 Å². The second-order valence-corrected chi connectivity index (χ2v) is 5.49. The smallest absolute Gasteiger partial charge is 0.146 e. The fourth-order valence-corrected chi connectivity index (χ4v) is 2.45. The fraction of sp³-hybridized carbons (Fsp3) is 0.188. The molecule has 0 amide bonds. The molecule has 0 aliphatic carbocycles. The summed E-state index contributed by atoms with van der Waals surface area (Å²) in [5.41, 5.74) is 6.97. The molecule has 0 aliphatic rings. The predicted octanol–water partition coefficient (Wildman–Crippen LogP) is 3.44. The molecule has 0 aromatic heterocycles. The van der Waals surface area contributed by atoms with Crippen molar-refractivity contribution in [3.8, 4) is 0 Å². The van der Waals surface area contributed by atoms with E-state index in [9.17, 15) is 9.18 Å². The van der Waals surface area contributed by atoms with Crippen molar-refractivity contribution < 1.29 is 9.18 Å². The second-order valence-electron chi connectivity index (χ2n) is 4.58. The van der Waals surface area contributed by atoms with E-state index in [0.717, 1.165) is 5.56 Å². The largest absolute Gasteiger partial charge is 0.329 e. The van der Waals surface area contributed by atoms with E-state index < -0.39 is 0 Å². The molecule has 2 nitrogen and oxygen atoms in total. The van der Waals surface area contributed by atoms with Gasteiger partial charge in [-0.2, -0.15) is 0 Å². The highest BCUT2D eigenvalue weighted by Crippen LogP contribution is 2.20. The SMILES string of the molecule is NCC(C(=O)Cc1ccc(Br)cc1F)c1ccccc1. The third-order valence-corrected chi connectivity index (χ3v) is 3.70. The van der Waals surface area contributed by atoms with Gasteiger partial charge in [0.2, 0.25) is 0 Å². The van der Waals surface area contributed by atoms with E-state index in [4.69, 9.17) is 5.73 Å². The zero-order valence-electron chi connectivity index (χ0n) is 10.9. The molecule has 0 fully saturated rings. The van der Waals surface area contributed by atoms with E-state index >= 15 is 0 Å². The highest BCUT2D eigenvalue weighted by atomic mass is 79.9. The Balaban J connectivity index is 2.18. The Bertz CT molecular complexity index is 601. The van der Waals surface area contributed by atoms with Crippen molar-refractivity contribution >= 4 is 21.7 Å². The number of halogens is 2. The molecular weight excluding hydrogens is 321 g/mol. The van der Waals surface area contributed by atoms with Crippen molar-refractivity contribution in [2.75, 3.05) is 6.54 Å². The Kier molecular flexibility index (Phi) is 5.04. The van der Waals surface area contributed by atoms with E-state index in [0.29, 0.717) is 10.0 Å². The van der Waals surface area contributed by atoms with Gasteiger partial charge in [0.15, 0.2) is 0 Å². The Labute approximate surface area is 125 Å². The Morgan fingerprint density at radius 2 is 1.90 bits per heavy atom. The van der Waals surface area contributed by atoms with Crippen LogP contribution < -0.4 is 5.73 Å². The Morgan fingerprint density at radius 3 is 2.50 bits per heavy atom. The van der Waals surface area contributed by atoms with Gasteiger partial charge in [0.25, 0.3) is 0 Å². The molecule has 2 rings (SSSR count). The second kappa shape index (κ2) is 6.77. The van der Waals surface area contributed by atoms with Crippen molar-refractivity contribution in [1.82, 2.24) is 0 Å². The molecule has 4 heteroatoms. The van der Waals surface area contributed by atoms with Crippen molar-refractivity contribution in [1.29, 1.82) is 0 Å². The van der Waals surface area contributed by atoms with Gasteiger partial charge in [-0.3, -0.25) is 4.79 Å². The van der Waals surface area contributed by atoms with Crippen molar-refractivity contribution in [2.45, 2.75) is 12.3 Å². The molecule has 0 saturated heterocycles. The molecule has 104 valence electrons. The van der Waals surface area contributed by atoms with Crippen molar-refractivity contribution in [2.24, 2.45) is 5.73 Å². The van der Waals surface area contributed by atoms with Gasteiger partial charge in [0.1, 0.15) is 11.6 Å². The minimum Gasteiger partial charge on any atom is -0.329 e. The normalized spacial score (nSPS) is 12.2. The standard InChI is InChI=1S/C16H15BrFNO/c17-13-7-6-12(15(18)9-13)8-16(20)14(10-19)11-4-2-1-3-5-11/h1-7,9,14H,8,10,19H2. The van der Waals surface area contributed by atoms with Crippen LogP contribution in [0, 0.1) is 5.82 Å². The summed E-state index contributed by atoms with van der Waals surface area (Å²) in [6.07, 6.45) is 0.0515. The summed E-state index contributed by atoms with van der Waals surface area (Å²) in [7, 11) is 0. The van der Waals surface area contributed by atoms with Crippen LogP contribution in [0.2, 0.25) is 0 Å². The lowest BCUT2D eigenvalue weighted by Crippen LogP contribution is -2.23. The first-order chi connectivity index (χ1) is 9.61. The summed E-state index contributed by atoms with van der Waals surface area (Å²) in [6.45, 7) is 0.223.